The van der Waals surface area contributed by atoms with E-state index in [4.69, 9.17) is 0 Å². The van der Waals surface area contributed by atoms with Gasteiger partial charge in [0, 0.05) is 23.7 Å². The molecule has 2 rings (SSSR count). The Kier molecular flexibility index (Phi) is 3.88. The number of hydrogen-bond acceptors (Lipinski definition) is 2. The van der Waals surface area contributed by atoms with Gasteiger partial charge < -0.3 is 10.6 Å². The average molecular weight is 260 g/mol. The van der Waals surface area contributed by atoms with Crippen molar-refractivity contribution in [2.75, 3.05) is 10.6 Å². The first-order valence-electron chi connectivity index (χ1n) is 6.73. The van der Waals surface area contributed by atoms with Crippen molar-refractivity contribution in [3.05, 3.63) is 23.8 Å². The van der Waals surface area contributed by atoms with E-state index in [1.54, 1.807) is 0 Å². The molecular formula is C15H20N2O2. The van der Waals surface area contributed by atoms with Crippen molar-refractivity contribution in [3.8, 4) is 0 Å². The molecule has 0 saturated heterocycles. The molecule has 1 aliphatic carbocycles. The molecule has 2 amide bonds. The minimum atomic E-state index is -0.0256. The maximum atomic E-state index is 11.9. The largest absolute Gasteiger partial charge is 0.326 e. The summed E-state index contributed by atoms with van der Waals surface area (Å²) in [5.74, 6) is 0.688. The SMILES string of the molecule is CCC(=O)Nc1cccc(NC(=O)[C@@H]2C[C@H]2C)c1C. The summed E-state index contributed by atoms with van der Waals surface area (Å²) in [6.45, 7) is 5.79. The fourth-order valence-electron chi connectivity index (χ4n) is 2.06. The number of nitrogens with one attached hydrogen (secondary N) is 2. The van der Waals surface area contributed by atoms with Crippen LogP contribution in [0.4, 0.5) is 11.4 Å². The predicted octanol–water partition coefficient (Wildman–Crippen LogP) is 2.94. The molecule has 0 unspecified atom stereocenters. The minimum absolute atomic E-state index is 0.0256. The summed E-state index contributed by atoms with van der Waals surface area (Å²) in [5.41, 5.74) is 2.43. The molecule has 1 aromatic rings. The van der Waals surface area contributed by atoms with E-state index < -0.39 is 0 Å². The van der Waals surface area contributed by atoms with Crippen molar-refractivity contribution in [1.29, 1.82) is 0 Å². The van der Waals surface area contributed by atoms with Crippen LogP contribution in [-0.4, -0.2) is 11.8 Å². The third-order valence-electron chi connectivity index (χ3n) is 3.63. The fraction of sp³-hybridized carbons (Fsp3) is 0.467. The summed E-state index contributed by atoms with van der Waals surface area (Å²) < 4.78 is 0. The van der Waals surface area contributed by atoms with Crippen molar-refractivity contribution >= 4 is 23.2 Å². The van der Waals surface area contributed by atoms with Gasteiger partial charge in [0.15, 0.2) is 0 Å². The molecule has 1 fully saturated rings. The number of carbonyl (C=O) groups is 2. The molecule has 0 bridgehead atoms. The first-order valence-corrected chi connectivity index (χ1v) is 6.73. The Labute approximate surface area is 113 Å². The van der Waals surface area contributed by atoms with E-state index in [9.17, 15) is 9.59 Å². The standard InChI is InChI=1S/C15H20N2O2/c1-4-14(18)16-12-6-5-7-13(10(12)3)17-15(19)11-8-9(11)2/h5-7,9,11H,4,8H2,1-3H3,(H,16,18)(H,17,19)/t9-,11-/m1/s1. The Bertz CT molecular complexity index is 511. The molecule has 0 aliphatic heterocycles. The van der Waals surface area contributed by atoms with Crippen LogP contribution in [0.25, 0.3) is 0 Å². The summed E-state index contributed by atoms with van der Waals surface area (Å²) in [6, 6.07) is 5.55. The second-order valence-electron chi connectivity index (χ2n) is 5.19. The smallest absolute Gasteiger partial charge is 0.227 e. The third kappa shape index (κ3) is 3.13. The van der Waals surface area contributed by atoms with Crippen molar-refractivity contribution in [3.63, 3.8) is 0 Å². The zero-order valence-electron chi connectivity index (χ0n) is 11.6. The molecule has 2 atom stereocenters. The first kappa shape index (κ1) is 13.6. The van der Waals surface area contributed by atoms with E-state index in [1.807, 2.05) is 32.0 Å². The number of hydrogen-bond donors (Lipinski definition) is 2. The van der Waals surface area contributed by atoms with Crippen molar-refractivity contribution < 1.29 is 9.59 Å². The lowest BCUT2D eigenvalue weighted by Gasteiger charge is -2.13. The Balaban J connectivity index is 2.10. The average Bonchev–Trinajstić information content (AvgIpc) is 3.11. The Morgan fingerprint density at radius 1 is 1.26 bits per heavy atom. The van der Waals surface area contributed by atoms with E-state index in [0.717, 1.165) is 23.4 Å². The molecule has 102 valence electrons. The lowest BCUT2D eigenvalue weighted by Crippen LogP contribution is -2.16. The van der Waals surface area contributed by atoms with Crippen LogP contribution in [0.5, 0.6) is 0 Å². The van der Waals surface area contributed by atoms with Gasteiger partial charge in [0.2, 0.25) is 11.8 Å². The van der Waals surface area contributed by atoms with Gasteiger partial charge in [0.05, 0.1) is 0 Å². The van der Waals surface area contributed by atoms with Crippen molar-refractivity contribution in [2.45, 2.75) is 33.6 Å². The molecular weight excluding hydrogens is 240 g/mol. The molecule has 19 heavy (non-hydrogen) atoms. The Morgan fingerprint density at radius 3 is 2.37 bits per heavy atom. The van der Waals surface area contributed by atoms with Crippen LogP contribution in [-0.2, 0) is 9.59 Å². The van der Waals surface area contributed by atoms with E-state index in [2.05, 4.69) is 17.6 Å². The van der Waals surface area contributed by atoms with Crippen molar-refractivity contribution in [1.82, 2.24) is 0 Å². The number of rotatable bonds is 4. The zero-order valence-corrected chi connectivity index (χ0v) is 11.6. The molecule has 4 heteroatoms. The molecule has 0 heterocycles. The van der Waals surface area contributed by atoms with E-state index in [1.165, 1.54) is 0 Å². The predicted molar refractivity (Wildman–Crippen MR) is 76.0 cm³/mol. The quantitative estimate of drug-likeness (QED) is 0.874. The van der Waals surface area contributed by atoms with Crippen LogP contribution in [0, 0.1) is 18.8 Å². The summed E-state index contributed by atoms with van der Waals surface area (Å²) in [4.78, 5) is 23.4. The third-order valence-corrected chi connectivity index (χ3v) is 3.63. The first-order chi connectivity index (χ1) is 9.02. The van der Waals surface area contributed by atoms with E-state index in [-0.39, 0.29) is 17.7 Å². The van der Waals surface area contributed by atoms with Gasteiger partial charge in [-0.3, -0.25) is 9.59 Å². The molecule has 1 aromatic carbocycles. The van der Waals surface area contributed by atoms with Crippen LogP contribution < -0.4 is 10.6 Å². The molecule has 1 saturated carbocycles. The second kappa shape index (κ2) is 5.43. The highest BCUT2D eigenvalue weighted by atomic mass is 16.2. The molecule has 0 aromatic heterocycles. The highest BCUT2D eigenvalue weighted by Crippen LogP contribution is 2.38. The Morgan fingerprint density at radius 2 is 1.84 bits per heavy atom. The highest BCUT2D eigenvalue weighted by Gasteiger charge is 2.39. The zero-order chi connectivity index (χ0) is 14.0. The monoisotopic (exact) mass is 260 g/mol. The highest BCUT2D eigenvalue weighted by molar-refractivity contribution is 5.97. The maximum absolute atomic E-state index is 11.9. The summed E-state index contributed by atoms with van der Waals surface area (Å²) in [6.07, 6.45) is 1.41. The molecule has 2 N–H and O–H groups in total. The van der Waals surface area contributed by atoms with Gasteiger partial charge in [0.25, 0.3) is 0 Å². The lowest BCUT2D eigenvalue weighted by molar-refractivity contribution is -0.117. The number of carbonyl (C=O) groups excluding carboxylic acids is 2. The van der Waals surface area contributed by atoms with Crippen LogP contribution >= 0.6 is 0 Å². The summed E-state index contributed by atoms with van der Waals surface area (Å²) in [7, 11) is 0. The normalized spacial score (nSPS) is 20.8. The van der Waals surface area contributed by atoms with Crippen LogP contribution in [0.15, 0.2) is 18.2 Å². The van der Waals surface area contributed by atoms with E-state index in [0.29, 0.717) is 12.3 Å². The lowest BCUT2D eigenvalue weighted by atomic mass is 10.1. The fourth-order valence-corrected chi connectivity index (χ4v) is 2.06. The van der Waals surface area contributed by atoms with Crippen LogP contribution in [0.3, 0.4) is 0 Å². The molecule has 1 aliphatic rings. The van der Waals surface area contributed by atoms with Crippen LogP contribution in [0.2, 0.25) is 0 Å². The molecule has 0 spiro atoms. The van der Waals surface area contributed by atoms with E-state index >= 15 is 0 Å². The van der Waals surface area contributed by atoms with Gasteiger partial charge in [-0.2, -0.15) is 0 Å². The molecule has 4 nitrogen and oxygen atoms in total. The van der Waals surface area contributed by atoms with Gasteiger partial charge in [-0.25, -0.2) is 0 Å². The number of benzene rings is 1. The van der Waals surface area contributed by atoms with Crippen LogP contribution in [0.1, 0.15) is 32.3 Å². The van der Waals surface area contributed by atoms with Crippen molar-refractivity contribution in [2.24, 2.45) is 11.8 Å². The van der Waals surface area contributed by atoms with Gasteiger partial charge in [-0.15, -0.1) is 0 Å². The number of anilines is 2. The summed E-state index contributed by atoms with van der Waals surface area (Å²) in [5, 5.41) is 5.78. The van der Waals surface area contributed by atoms with Gasteiger partial charge in [-0.1, -0.05) is 19.9 Å². The Hall–Kier alpha value is -1.84. The second-order valence-corrected chi connectivity index (χ2v) is 5.19. The van der Waals surface area contributed by atoms with Gasteiger partial charge in [0.1, 0.15) is 0 Å². The summed E-state index contributed by atoms with van der Waals surface area (Å²) >= 11 is 0. The maximum Gasteiger partial charge on any atom is 0.227 e. The van der Waals surface area contributed by atoms with Gasteiger partial charge in [-0.05, 0) is 37.0 Å². The topological polar surface area (TPSA) is 58.2 Å². The van der Waals surface area contributed by atoms with Gasteiger partial charge >= 0.3 is 0 Å². The molecule has 0 radical (unpaired) electrons. The minimum Gasteiger partial charge on any atom is -0.326 e. The number of amides is 2.